The highest BCUT2D eigenvalue weighted by molar-refractivity contribution is 7.80. The predicted molar refractivity (Wildman–Crippen MR) is 101 cm³/mol. The lowest BCUT2D eigenvalue weighted by molar-refractivity contribution is 0.0979. The van der Waals surface area contributed by atoms with Gasteiger partial charge in [0.25, 0.3) is 5.91 Å². The molecule has 3 N–H and O–H groups in total. The molecule has 0 saturated heterocycles. The van der Waals surface area contributed by atoms with E-state index >= 15 is 0 Å². The Kier molecular flexibility index (Phi) is 4.64. The summed E-state index contributed by atoms with van der Waals surface area (Å²) in [6.07, 6.45) is 0. The molecular formula is C18H13ClN2O2S. The van der Waals surface area contributed by atoms with Crippen molar-refractivity contribution in [2.75, 3.05) is 5.32 Å². The zero-order chi connectivity index (χ0) is 17.1. The Morgan fingerprint density at radius 3 is 2.46 bits per heavy atom. The van der Waals surface area contributed by atoms with Crippen LogP contribution in [0.15, 0.2) is 60.7 Å². The lowest BCUT2D eigenvalue weighted by Crippen LogP contribution is -2.34. The van der Waals surface area contributed by atoms with Crippen LogP contribution in [0, 0.1) is 0 Å². The number of rotatable bonds is 2. The van der Waals surface area contributed by atoms with E-state index in [-0.39, 0.29) is 16.8 Å². The lowest BCUT2D eigenvalue weighted by atomic mass is 10.0. The second kappa shape index (κ2) is 6.86. The van der Waals surface area contributed by atoms with Crippen molar-refractivity contribution in [3.05, 3.63) is 71.2 Å². The molecule has 0 aliphatic heterocycles. The van der Waals surface area contributed by atoms with E-state index in [2.05, 4.69) is 10.6 Å². The fourth-order valence-corrected chi connectivity index (χ4v) is 2.81. The number of carbonyl (C=O) groups excluding carboxylic acids is 1. The van der Waals surface area contributed by atoms with E-state index in [1.807, 2.05) is 12.1 Å². The van der Waals surface area contributed by atoms with Crippen LogP contribution in [0.2, 0.25) is 5.02 Å². The predicted octanol–water partition coefficient (Wildman–Crippen LogP) is 4.33. The maximum atomic E-state index is 12.5. The number of phenols is 1. The molecule has 3 aromatic rings. The van der Waals surface area contributed by atoms with E-state index in [9.17, 15) is 9.90 Å². The van der Waals surface area contributed by atoms with Gasteiger partial charge in [-0.1, -0.05) is 48.0 Å². The molecule has 24 heavy (non-hydrogen) atoms. The van der Waals surface area contributed by atoms with Gasteiger partial charge in [-0.2, -0.15) is 0 Å². The quantitative estimate of drug-likeness (QED) is 0.472. The van der Waals surface area contributed by atoms with Crippen LogP contribution < -0.4 is 10.6 Å². The Labute approximate surface area is 149 Å². The maximum Gasteiger partial charge on any atom is 0.258 e. The van der Waals surface area contributed by atoms with Gasteiger partial charge in [-0.3, -0.25) is 10.1 Å². The summed E-state index contributed by atoms with van der Waals surface area (Å²) in [5, 5.41) is 17.4. The maximum absolute atomic E-state index is 12.5. The summed E-state index contributed by atoms with van der Waals surface area (Å²) < 4.78 is 0. The number of benzene rings is 3. The number of phenolic OH excluding ortho intramolecular Hbond substituents is 1. The minimum absolute atomic E-state index is 0.0473. The van der Waals surface area contributed by atoms with Crippen LogP contribution in [0.4, 0.5) is 5.69 Å². The minimum Gasteiger partial charge on any atom is -0.506 e. The number of aromatic hydroxyl groups is 1. The molecular weight excluding hydrogens is 344 g/mol. The van der Waals surface area contributed by atoms with Gasteiger partial charge in [-0.05, 0) is 41.9 Å². The van der Waals surface area contributed by atoms with Gasteiger partial charge in [-0.25, -0.2) is 0 Å². The molecule has 0 aliphatic carbocycles. The Morgan fingerprint density at radius 1 is 0.958 bits per heavy atom. The number of para-hydroxylation sites is 2. The van der Waals surface area contributed by atoms with E-state index in [0.717, 1.165) is 10.8 Å². The third-order valence-electron chi connectivity index (χ3n) is 3.49. The summed E-state index contributed by atoms with van der Waals surface area (Å²) in [5.74, 6) is -0.304. The van der Waals surface area contributed by atoms with E-state index in [1.165, 1.54) is 6.07 Å². The average Bonchev–Trinajstić information content (AvgIpc) is 2.57. The van der Waals surface area contributed by atoms with Gasteiger partial charge in [0.1, 0.15) is 5.75 Å². The summed E-state index contributed by atoms with van der Waals surface area (Å²) in [4.78, 5) is 12.5. The van der Waals surface area contributed by atoms with Gasteiger partial charge in [0.15, 0.2) is 5.11 Å². The Hall–Kier alpha value is -2.63. The molecule has 1 amide bonds. The molecule has 0 fully saturated rings. The topological polar surface area (TPSA) is 61.4 Å². The van der Waals surface area contributed by atoms with Gasteiger partial charge in [0.05, 0.1) is 5.69 Å². The number of thiocarbonyl (C=S) groups is 1. The average molecular weight is 357 g/mol. The smallest absolute Gasteiger partial charge is 0.258 e. The van der Waals surface area contributed by atoms with E-state index < -0.39 is 0 Å². The molecule has 0 saturated carbocycles. The van der Waals surface area contributed by atoms with Gasteiger partial charge in [0.2, 0.25) is 0 Å². The molecule has 0 aliphatic rings. The SMILES string of the molecule is O=C(NC(=S)Nc1ccccc1O)c1cccc2c(Cl)cccc12. The van der Waals surface area contributed by atoms with Crippen molar-refractivity contribution in [2.24, 2.45) is 0 Å². The number of carbonyl (C=O) groups is 1. The van der Waals surface area contributed by atoms with Crippen molar-refractivity contribution < 1.29 is 9.90 Å². The minimum atomic E-state index is -0.351. The van der Waals surface area contributed by atoms with Crippen molar-refractivity contribution >= 4 is 51.3 Å². The highest BCUT2D eigenvalue weighted by Crippen LogP contribution is 2.26. The molecule has 6 heteroatoms. The van der Waals surface area contributed by atoms with E-state index in [0.29, 0.717) is 16.3 Å². The molecule has 0 aromatic heterocycles. The van der Waals surface area contributed by atoms with E-state index in [4.69, 9.17) is 23.8 Å². The Bertz CT molecular complexity index is 943. The molecule has 0 heterocycles. The van der Waals surface area contributed by atoms with Crippen molar-refractivity contribution in [1.29, 1.82) is 0 Å². The molecule has 3 aromatic carbocycles. The van der Waals surface area contributed by atoms with Gasteiger partial charge >= 0.3 is 0 Å². The molecule has 0 atom stereocenters. The van der Waals surface area contributed by atoms with Crippen LogP contribution >= 0.6 is 23.8 Å². The standard InChI is InChI=1S/C18H13ClN2O2S/c19-14-8-4-5-11-12(14)6-3-7-13(11)17(23)21-18(24)20-15-9-1-2-10-16(15)22/h1-10,22H,(H2,20,21,23,24). The van der Waals surface area contributed by atoms with Crippen LogP contribution in [-0.4, -0.2) is 16.1 Å². The summed E-state index contributed by atoms with van der Waals surface area (Å²) in [6, 6.07) is 17.4. The van der Waals surface area contributed by atoms with Crippen LogP contribution in [0.25, 0.3) is 10.8 Å². The summed E-state index contributed by atoms with van der Waals surface area (Å²) >= 11 is 11.3. The van der Waals surface area contributed by atoms with Gasteiger partial charge in [0, 0.05) is 16.0 Å². The number of hydrogen-bond donors (Lipinski definition) is 3. The van der Waals surface area contributed by atoms with Crippen LogP contribution in [0.1, 0.15) is 10.4 Å². The molecule has 0 unspecified atom stereocenters. The third kappa shape index (κ3) is 3.32. The third-order valence-corrected chi connectivity index (χ3v) is 4.03. The number of nitrogens with one attached hydrogen (secondary N) is 2. The number of halogens is 1. The zero-order valence-electron chi connectivity index (χ0n) is 12.4. The van der Waals surface area contributed by atoms with Gasteiger partial charge < -0.3 is 10.4 Å². The summed E-state index contributed by atoms with van der Waals surface area (Å²) in [6.45, 7) is 0. The fraction of sp³-hybridized carbons (Fsp3) is 0. The van der Waals surface area contributed by atoms with Gasteiger partial charge in [-0.15, -0.1) is 0 Å². The Balaban J connectivity index is 1.82. The fourth-order valence-electron chi connectivity index (χ4n) is 2.37. The van der Waals surface area contributed by atoms with Crippen molar-refractivity contribution in [3.8, 4) is 5.75 Å². The molecule has 0 radical (unpaired) electrons. The first kappa shape index (κ1) is 16.2. The largest absolute Gasteiger partial charge is 0.506 e. The van der Waals surface area contributed by atoms with Crippen molar-refractivity contribution in [2.45, 2.75) is 0 Å². The summed E-state index contributed by atoms with van der Waals surface area (Å²) in [7, 11) is 0. The van der Waals surface area contributed by atoms with E-state index in [1.54, 1.807) is 42.5 Å². The first-order chi connectivity index (χ1) is 11.6. The number of amides is 1. The molecule has 0 bridgehead atoms. The first-order valence-corrected chi connectivity index (χ1v) is 7.92. The van der Waals surface area contributed by atoms with Crippen molar-refractivity contribution in [3.63, 3.8) is 0 Å². The molecule has 3 rings (SSSR count). The Morgan fingerprint density at radius 2 is 1.67 bits per heavy atom. The monoisotopic (exact) mass is 356 g/mol. The normalized spacial score (nSPS) is 10.4. The molecule has 120 valence electrons. The molecule has 0 spiro atoms. The number of hydrogen-bond acceptors (Lipinski definition) is 3. The van der Waals surface area contributed by atoms with Crippen LogP contribution in [-0.2, 0) is 0 Å². The number of anilines is 1. The zero-order valence-corrected chi connectivity index (χ0v) is 14.0. The first-order valence-electron chi connectivity index (χ1n) is 7.14. The lowest BCUT2D eigenvalue weighted by Gasteiger charge is -2.12. The van der Waals surface area contributed by atoms with Crippen LogP contribution in [0.3, 0.4) is 0 Å². The second-order valence-electron chi connectivity index (χ2n) is 5.07. The highest BCUT2D eigenvalue weighted by atomic mass is 35.5. The second-order valence-corrected chi connectivity index (χ2v) is 5.88. The molecule has 4 nitrogen and oxygen atoms in total. The number of fused-ring (bicyclic) bond motifs is 1. The van der Waals surface area contributed by atoms with Crippen LogP contribution in [0.5, 0.6) is 5.75 Å². The highest BCUT2D eigenvalue weighted by Gasteiger charge is 2.13. The van der Waals surface area contributed by atoms with Crippen molar-refractivity contribution in [1.82, 2.24) is 5.32 Å². The summed E-state index contributed by atoms with van der Waals surface area (Å²) in [5.41, 5.74) is 0.889.